The van der Waals surface area contributed by atoms with Crippen LogP contribution >= 0.6 is 0 Å². The lowest BCUT2D eigenvalue weighted by molar-refractivity contribution is -0.153. The van der Waals surface area contributed by atoms with Gasteiger partial charge < -0.3 is 19.5 Å². The Labute approximate surface area is 214 Å². The van der Waals surface area contributed by atoms with Crippen LogP contribution in [0.4, 0.5) is 32.0 Å². The average Bonchev–Trinajstić information content (AvgIpc) is 3.32. The van der Waals surface area contributed by atoms with Crippen LogP contribution in [0.3, 0.4) is 0 Å². The highest BCUT2D eigenvalue weighted by atomic mass is 19.4. The van der Waals surface area contributed by atoms with Gasteiger partial charge in [-0.2, -0.15) is 26.3 Å². The first-order chi connectivity index (χ1) is 17.9. The van der Waals surface area contributed by atoms with Gasteiger partial charge in [0.25, 0.3) is 5.91 Å². The van der Waals surface area contributed by atoms with Gasteiger partial charge in [0.15, 0.2) is 13.2 Å². The van der Waals surface area contributed by atoms with Crippen LogP contribution < -0.4 is 19.5 Å². The van der Waals surface area contributed by atoms with Crippen molar-refractivity contribution >= 4 is 11.6 Å². The standard InChI is InChI=1S/C27H23F6NO4/c28-26(29,30)15-37-23-11-21(12-24(13-23)38-16-27(31,32)33)34-25(35)19-6-4-17(5-7-19)14-36-22-9-8-18-2-1-3-20(18)10-22/h4-13H,1-3,14-16H2,(H,34,35). The average molecular weight is 539 g/mol. The Hall–Kier alpha value is -3.89. The van der Waals surface area contributed by atoms with Crippen molar-refractivity contribution in [1.29, 1.82) is 0 Å². The van der Waals surface area contributed by atoms with Crippen LogP contribution in [0.1, 0.15) is 33.5 Å². The summed E-state index contributed by atoms with van der Waals surface area (Å²) >= 11 is 0. The summed E-state index contributed by atoms with van der Waals surface area (Å²) in [6.07, 6.45) is -6.10. The third kappa shape index (κ3) is 8.06. The van der Waals surface area contributed by atoms with Crippen LogP contribution in [0.25, 0.3) is 0 Å². The zero-order chi connectivity index (χ0) is 27.3. The van der Waals surface area contributed by atoms with E-state index in [0.717, 1.165) is 48.8 Å². The van der Waals surface area contributed by atoms with Gasteiger partial charge in [-0.05, 0) is 60.2 Å². The summed E-state index contributed by atoms with van der Waals surface area (Å²) in [4.78, 5) is 12.7. The van der Waals surface area contributed by atoms with Gasteiger partial charge >= 0.3 is 12.4 Å². The first kappa shape index (κ1) is 27.2. The quantitative estimate of drug-likeness (QED) is 0.301. The molecule has 0 atom stereocenters. The summed E-state index contributed by atoms with van der Waals surface area (Å²) < 4.78 is 90.3. The Bertz CT molecular complexity index is 1240. The Morgan fingerprint density at radius 2 is 1.32 bits per heavy atom. The summed E-state index contributed by atoms with van der Waals surface area (Å²) in [5.41, 5.74) is 3.53. The smallest absolute Gasteiger partial charge is 0.422 e. The van der Waals surface area contributed by atoms with E-state index in [-0.39, 0.29) is 17.9 Å². The predicted molar refractivity (Wildman–Crippen MR) is 127 cm³/mol. The Morgan fingerprint density at radius 3 is 1.92 bits per heavy atom. The van der Waals surface area contributed by atoms with Gasteiger partial charge in [0, 0.05) is 29.4 Å². The number of carbonyl (C=O) groups excluding carboxylic acids is 1. The number of nitrogens with one attached hydrogen (secondary N) is 1. The number of benzene rings is 3. The number of hydrogen-bond acceptors (Lipinski definition) is 4. The van der Waals surface area contributed by atoms with E-state index >= 15 is 0 Å². The molecule has 0 unspecified atom stereocenters. The molecule has 0 heterocycles. The molecule has 0 radical (unpaired) electrons. The highest BCUT2D eigenvalue weighted by molar-refractivity contribution is 6.04. The van der Waals surface area contributed by atoms with Gasteiger partial charge in [0.05, 0.1) is 0 Å². The second-order valence-corrected chi connectivity index (χ2v) is 8.72. The lowest BCUT2D eigenvalue weighted by Gasteiger charge is -2.15. The van der Waals surface area contributed by atoms with Gasteiger partial charge in [0.1, 0.15) is 23.9 Å². The first-order valence-electron chi connectivity index (χ1n) is 11.6. The molecule has 1 amide bonds. The summed E-state index contributed by atoms with van der Waals surface area (Å²) in [5, 5.41) is 2.44. The summed E-state index contributed by atoms with van der Waals surface area (Å²) in [6.45, 7) is -3.06. The Morgan fingerprint density at radius 1 is 0.711 bits per heavy atom. The summed E-state index contributed by atoms with van der Waals surface area (Å²) in [6, 6.07) is 15.4. The molecule has 0 bridgehead atoms. The van der Waals surface area contributed by atoms with E-state index in [1.165, 1.54) is 23.3 Å². The second kappa shape index (κ2) is 11.2. The zero-order valence-corrected chi connectivity index (χ0v) is 19.9. The fraction of sp³-hybridized carbons (Fsp3) is 0.296. The molecule has 1 N–H and O–H groups in total. The van der Waals surface area contributed by atoms with E-state index < -0.39 is 43.0 Å². The topological polar surface area (TPSA) is 56.8 Å². The monoisotopic (exact) mass is 539 g/mol. The van der Waals surface area contributed by atoms with Gasteiger partial charge in [-0.1, -0.05) is 18.2 Å². The van der Waals surface area contributed by atoms with Gasteiger partial charge in [-0.3, -0.25) is 4.79 Å². The molecule has 0 aliphatic heterocycles. The first-order valence-corrected chi connectivity index (χ1v) is 11.6. The number of fused-ring (bicyclic) bond motifs is 1. The third-order valence-electron chi connectivity index (χ3n) is 5.63. The van der Waals surface area contributed by atoms with E-state index in [0.29, 0.717) is 0 Å². The molecule has 1 aliphatic carbocycles. The van der Waals surface area contributed by atoms with Gasteiger partial charge in [0.2, 0.25) is 0 Å². The van der Waals surface area contributed by atoms with Crippen LogP contribution in [0, 0.1) is 0 Å². The normalized spacial score (nSPS) is 13.1. The number of ether oxygens (including phenoxy) is 3. The van der Waals surface area contributed by atoms with Crippen LogP contribution in [0.5, 0.6) is 17.2 Å². The van der Waals surface area contributed by atoms with E-state index in [2.05, 4.69) is 20.9 Å². The minimum absolute atomic E-state index is 0.101. The van der Waals surface area contributed by atoms with E-state index in [1.807, 2.05) is 12.1 Å². The molecule has 3 aromatic rings. The van der Waals surface area contributed by atoms with Crippen molar-refractivity contribution in [2.75, 3.05) is 18.5 Å². The maximum Gasteiger partial charge on any atom is 0.422 e. The second-order valence-electron chi connectivity index (χ2n) is 8.72. The van der Waals surface area contributed by atoms with Crippen molar-refractivity contribution in [2.45, 2.75) is 38.2 Å². The van der Waals surface area contributed by atoms with Crippen LogP contribution in [-0.2, 0) is 19.4 Å². The number of rotatable bonds is 9. The van der Waals surface area contributed by atoms with Crippen molar-refractivity contribution in [3.8, 4) is 17.2 Å². The third-order valence-corrected chi connectivity index (χ3v) is 5.63. The van der Waals surface area contributed by atoms with E-state index in [4.69, 9.17) is 4.74 Å². The van der Waals surface area contributed by atoms with Crippen molar-refractivity contribution in [3.63, 3.8) is 0 Å². The fourth-order valence-corrected chi connectivity index (χ4v) is 3.90. The number of carbonyl (C=O) groups is 1. The molecule has 0 spiro atoms. The lowest BCUT2D eigenvalue weighted by atomic mass is 10.1. The predicted octanol–water partition coefficient (Wildman–Crippen LogP) is 6.89. The number of halogens is 6. The largest absolute Gasteiger partial charge is 0.489 e. The van der Waals surface area contributed by atoms with Gasteiger partial charge in [-0.25, -0.2) is 0 Å². The number of anilines is 1. The molecule has 0 saturated carbocycles. The number of alkyl halides is 6. The molecule has 5 nitrogen and oxygen atoms in total. The SMILES string of the molecule is O=C(Nc1cc(OCC(F)(F)F)cc(OCC(F)(F)F)c1)c1ccc(COc2ccc3c(c2)CCC3)cc1. The Kier molecular flexibility index (Phi) is 8.03. The molecular weight excluding hydrogens is 516 g/mol. The maximum atomic E-state index is 12.7. The molecular formula is C27H23F6NO4. The summed E-state index contributed by atoms with van der Waals surface area (Å²) in [5.74, 6) is -0.720. The fourth-order valence-electron chi connectivity index (χ4n) is 3.90. The molecule has 202 valence electrons. The molecule has 3 aromatic carbocycles. The number of aryl methyl sites for hydroxylation is 2. The van der Waals surface area contributed by atoms with Crippen molar-refractivity contribution in [2.24, 2.45) is 0 Å². The van der Waals surface area contributed by atoms with Gasteiger partial charge in [-0.15, -0.1) is 0 Å². The number of amides is 1. The Balaban J connectivity index is 1.40. The highest BCUT2D eigenvalue weighted by Gasteiger charge is 2.30. The van der Waals surface area contributed by atoms with Crippen molar-refractivity contribution < 1.29 is 45.3 Å². The molecule has 0 fully saturated rings. The summed E-state index contributed by atoms with van der Waals surface area (Å²) in [7, 11) is 0. The van der Waals surface area contributed by atoms with Crippen LogP contribution in [0.2, 0.25) is 0 Å². The van der Waals surface area contributed by atoms with E-state index in [1.54, 1.807) is 12.1 Å². The molecule has 38 heavy (non-hydrogen) atoms. The van der Waals surface area contributed by atoms with Crippen LogP contribution in [-0.4, -0.2) is 31.5 Å². The maximum absolute atomic E-state index is 12.7. The highest BCUT2D eigenvalue weighted by Crippen LogP contribution is 2.30. The zero-order valence-electron chi connectivity index (χ0n) is 19.9. The molecule has 11 heteroatoms. The minimum Gasteiger partial charge on any atom is -0.489 e. The molecule has 0 aromatic heterocycles. The van der Waals surface area contributed by atoms with Crippen molar-refractivity contribution in [3.05, 3.63) is 82.9 Å². The molecule has 1 aliphatic rings. The molecule has 4 rings (SSSR count). The van der Waals surface area contributed by atoms with Crippen molar-refractivity contribution in [1.82, 2.24) is 0 Å². The minimum atomic E-state index is -4.67. The van der Waals surface area contributed by atoms with Crippen LogP contribution in [0.15, 0.2) is 60.7 Å². The molecule has 0 saturated heterocycles. The lowest BCUT2D eigenvalue weighted by Crippen LogP contribution is -2.20. The van der Waals surface area contributed by atoms with E-state index in [9.17, 15) is 31.1 Å². The number of hydrogen-bond donors (Lipinski definition) is 1.